The van der Waals surface area contributed by atoms with Crippen LogP contribution in [0.4, 0.5) is 13.2 Å². The molecular formula is C13H11F3N2O3. The monoisotopic (exact) mass is 300 g/mol. The second kappa shape index (κ2) is 4.87. The minimum absolute atomic E-state index is 0.106. The molecule has 0 unspecified atom stereocenters. The van der Waals surface area contributed by atoms with Gasteiger partial charge in [0.2, 0.25) is 11.5 Å². The number of ketones is 1. The van der Waals surface area contributed by atoms with Gasteiger partial charge in [0.1, 0.15) is 5.52 Å². The van der Waals surface area contributed by atoms with Gasteiger partial charge >= 0.3 is 11.9 Å². The van der Waals surface area contributed by atoms with Gasteiger partial charge in [-0.05, 0) is 18.6 Å². The van der Waals surface area contributed by atoms with Crippen molar-refractivity contribution in [3.8, 4) is 0 Å². The highest BCUT2D eigenvalue weighted by molar-refractivity contribution is 5.95. The first kappa shape index (κ1) is 15.0. The molecule has 8 heteroatoms. The van der Waals surface area contributed by atoms with E-state index in [2.05, 4.69) is 0 Å². The summed E-state index contributed by atoms with van der Waals surface area (Å²) in [5.41, 5.74) is -3.06. The van der Waals surface area contributed by atoms with Gasteiger partial charge in [0, 0.05) is 17.4 Å². The number of carbonyl (C=O) groups is 1. The van der Waals surface area contributed by atoms with Crippen molar-refractivity contribution >= 4 is 16.8 Å². The van der Waals surface area contributed by atoms with E-state index < -0.39 is 33.6 Å². The molecule has 2 rings (SSSR count). The highest BCUT2D eigenvalue weighted by atomic mass is 19.4. The molecule has 0 fully saturated rings. The van der Waals surface area contributed by atoms with E-state index in [1.807, 2.05) is 0 Å². The third kappa shape index (κ3) is 2.37. The van der Waals surface area contributed by atoms with Crippen LogP contribution in [0.5, 0.6) is 0 Å². The molecule has 0 aliphatic rings. The molecule has 2 aromatic rings. The predicted octanol–water partition coefficient (Wildman–Crippen LogP) is 2.82. The predicted molar refractivity (Wildman–Crippen MR) is 68.4 cm³/mol. The van der Waals surface area contributed by atoms with E-state index in [-0.39, 0.29) is 16.4 Å². The van der Waals surface area contributed by atoms with Crippen LogP contribution in [0.15, 0.2) is 18.2 Å². The van der Waals surface area contributed by atoms with E-state index >= 15 is 0 Å². The molecule has 0 bridgehead atoms. The Kier molecular flexibility index (Phi) is 3.48. The third-order valence-electron chi connectivity index (χ3n) is 3.05. The number of aryl methyl sites for hydroxylation is 1. The molecule has 0 N–H and O–H groups in total. The molecule has 0 saturated heterocycles. The molecule has 0 atom stereocenters. The molecule has 0 spiro atoms. The van der Waals surface area contributed by atoms with E-state index in [1.54, 1.807) is 6.92 Å². The number of nitrogens with zero attached hydrogens (tertiary/aromatic N) is 2. The Bertz CT molecular complexity index is 794. The van der Waals surface area contributed by atoms with Crippen molar-refractivity contribution in [2.75, 3.05) is 0 Å². The van der Waals surface area contributed by atoms with Crippen molar-refractivity contribution in [3.05, 3.63) is 45.3 Å². The standard InChI is InChI=1S/C13H11F3N2O3/c1-3-10(19)11-12(13(14,15)16)18(21)8-5-4-7(2)6-9(8)17(11)20/h4-6H,3H2,1-2H3. The minimum atomic E-state index is -5.10. The molecule has 112 valence electrons. The van der Waals surface area contributed by atoms with Gasteiger partial charge < -0.3 is 9.94 Å². The highest BCUT2D eigenvalue weighted by Crippen LogP contribution is 2.32. The summed E-state index contributed by atoms with van der Waals surface area (Å²) in [5, 5.41) is 12.0. The van der Waals surface area contributed by atoms with E-state index in [0.717, 1.165) is 6.07 Å². The average Bonchev–Trinajstić information content (AvgIpc) is 2.40. The normalized spacial score (nSPS) is 11.9. The molecule has 1 heterocycles. The molecule has 0 aliphatic carbocycles. The van der Waals surface area contributed by atoms with E-state index in [0.29, 0.717) is 5.56 Å². The van der Waals surface area contributed by atoms with Crippen LogP contribution in [-0.2, 0) is 6.18 Å². The van der Waals surface area contributed by atoms with Crippen LogP contribution in [0.3, 0.4) is 0 Å². The number of alkyl halides is 3. The second-order valence-electron chi connectivity index (χ2n) is 4.55. The molecule has 0 radical (unpaired) electrons. The lowest BCUT2D eigenvalue weighted by Crippen LogP contribution is -2.34. The first-order valence-corrected chi connectivity index (χ1v) is 6.08. The molecule has 1 aromatic heterocycles. The van der Waals surface area contributed by atoms with Crippen LogP contribution in [0.1, 0.15) is 35.1 Å². The lowest BCUT2D eigenvalue weighted by atomic mass is 10.1. The van der Waals surface area contributed by atoms with Gasteiger partial charge in [-0.2, -0.15) is 13.2 Å². The average molecular weight is 300 g/mol. The van der Waals surface area contributed by atoms with E-state index in [4.69, 9.17) is 0 Å². The fourth-order valence-corrected chi connectivity index (χ4v) is 2.06. The topological polar surface area (TPSA) is 68.0 Å². The summed E-state index contributed by atoms with van der Waals surface area (Å²) >= 11 is 0. The smallest absolute Gasteiger partial charge is 0.438 e. The molecular weight excluding hydrogens is 289 g/mol. The Balaban J connectivity index is 3.07. The van der Waals surface area contributed by atoms with Crippen LogP contribution in [0.25, 0.3) is 11.0 Å². The number of halogens is 3. The van der Waals surface area contributed by atoms with Gasteiger partial charge in [0.05, 0.1) is 4.43 Å². The highest BCUT2D eigenvalue weighted by Gasteiger charge is 2.44. The molecule has 1 aromatic carbocycles. The molecule has 5 nitrogen and oxygen atoms in total. The molecule has 0 aliphatic heterocycles. The number of carbonyl (C=O) groups excluding carboxylic acids is 1. The second-order valence-corrected chi connectivity index (χ2v) is 4.55. The zero-order valence-corrected chi connectivity index (χ0v) is 11.2. The third-order valence-corrected chi connectivity index (χ3v) is 3.05. The summed E-state index contributed by atoms with van der Waals surface area (Å²) in [6.07, 6.45) is -5.42. The Morgan fingerprint density at radius 3 is 2.52 bits per heavy atom. The molecule has 0 saturated carbocycles. The fraction of sp³-hybridized carbons (Fsp3) is 0.308. The van der Waals surface area contributed by atoms with Crippen molar-refractivity contribution in [3.63, 3.8) is 0 Å². The maximum absolute atomic E-state index is 13.1. The summed E-state index contributed by atoms with van der Waals surface area (Å²) in [4.78, 5) is 23.9. The van der Waals surface area contributed by atoms with Crippen molar-refractivity contribution in [1.82, 2.24) is 4.73 Å². The number of hydrogen-bond donors (Lipinski definition) is 0. The molecule has 0 amide bonds. The zero-order valence-electron chi connectivity index (χ0n) is 11.2. The number of Topliss-reactive ketones (excluding diaryl/α,β-unsaturated/α-hetero) is 1. The SMILES string of the molecule is CCC(=O)c1c(C(F)(F)F)n([O-])c2ccc(C)cc2[n+]1=O. The van der Waals surface area contributed by atoms with Gasteiger partial charge in [-0.25, -0.2) is 0 Å². The Morgan fingerprint density at radius 2 is 2.00 bits per heavy atom. The summed E-state index contributed by atoms with van der Waals surface area (Å²) < 4.78 is 38.7. The summed E-state index contributed by atoms with van der Waals surface area (Å²) in [7, 11) is 0. The number of rotatable bonds is 2. The van der Waals surface area contributed by atoms with Gasteiger partial charge in [0.15, 0.2) is 0 Å². The minimum Gasteiger partial charge on any atom is -0.805 e. The number of fused-ring (bicyclic) bond motifs is 1. The van der Waals surface area contributed by atoms with Crippen LogP contribution in [-0.4, -0.2) is 10.5 Å². The first-order valence-electron chi connectivity index (χ1n) is 6.08. The maximum Gasteiger partial charge on any atom is 0.438 e. The van der Waals surface area contributed by atoms with E-state index in [9.17, 15) is 28.1 Å². The van der Waals surface area contributed by atoms with Crippen molar-refractivity contribution in [1.29, 1.82) is 0 Å². The number of aromatic nitrogens is 2. The van der Waals surface area contributed by atoms with Crippen molar-refractivity contribution in [2.45, 2.75) is 26.4 Å². The largest absolute Gasteiger partial charge is 0.805 e. The Hall–Kier alpha value is -2.38. The van der Waals surface area contributed by atoms with Crippen LogP contribution < -0.4 is 4.43 Å². The summed E-state index contributed by atoms with van der Waals surface area (Å²) in [6.45, 7) is 2.94. The van der Waals surface area contributed by atoms with Gasteiger partial charge in [-0.1, -0.05) is 13.0 Å². The Labute approximate surface area is 116 Å². The first-order chi connectivity index (χ1) is 9.68. The van der Waals surface area contributed by atoms with Gasteiger partial charge in [-0.15, -0.1) is 0 Å². The van der Waals surface area contributed by atoms with Crippen molar-refractivity contribution < 1.29 is 22.4 Å². The van der Waals surface area contributed by atoms with Crippen LogP contribution in [0, 0.1) is 17.0 Å². The van der Waals surface area contributed by atoms with Crippen LogP contribution in [0.2, 0.25) is 0 Å². The Morgan fingerprint density at radius 1 is 1.38 bits per heavy atom. The van der Waals surface area contributed by atoms with Gasteiger partial charge in [-0.3, -0.25) is 4.79 Å². The molecule has 21 heavy (non-hydrogen) atoms. The van der Waals surface area contributed by atoms with Crippen LogP contribution >= 0.6 is 0 Å². The summed E-state index contributed by atoms with van der Waals surface area (Å²) in [5.74, 6) is -1.04. The lowest BCUT2D eigenvalue weighted by molar-refractivity contribution is -0.470. The maximum atomic E-state index is 13.1. The fourth-order valence-electron chi connectivity index (χ4n) is 2.06. The zero-order chi connectivity index (χ0) is 15.9. The lowest BCUT2D eigenvalue weighted by Gasteiger charge is -2.20. The summed E-state index contributed by atoms with van der Waals surface area (Å²) in [6, 6.07) is 3.81. The van der Waals surface area contributed by atoms with Gasteiger partial charge in [0.25, 0.3) is 5.52 Å². The van der Waals surface area contributed by atoms with Crippen molar-refractivity contribution in [2.24, 2.45) is 0 Å². The quantitative estimate of drug-likeness (QED) is 0.632. The number of hydrogen-bond acceptors (Lipinski definition) is 3. The number of benzene rings is 1. The van der Waals surface area contributed by atoms with E-state index in [1.165, 1.54) is 19.1 Å².